The zero-order valence-electron chi connectivity index (χ0n) is 11.1. The highest BCUT2D eigenvalue weighted by atomic mass is 32.2. The molecule has 7 heteroatoms. The Morgan fingerprint density at radius 1 is 1.37 bits per heavy atom. The Balaban J connectivity index is 2.79. The van der Waals surface area contributed by atoms with E-state index in [0.717, 1.165) is 6.42 Å². The second-order valence-electron chi connectivity index (χ2n) is 4.26. The molecule has 0 aliphatic heterocycles. The molecule has 1 aromatic rings. The standard InChI is InChI=1S/C12H21N3O3S/c1-15(8-3-2-4-9-16)19(17,18)12-6-5-7-14-11(12)10-13/h5-7,16H,2-4,8-10,13H2,1H3. The molecule has 0 fully saturated rings. The SMILES string of the molecule is CN(CCCCCO)S(=O)(=O)c1cccnc1CN. The number of rotatable bonds is 8. The van der Waals surface area contributed by atoms with Crippen LogP contribution < -0.4 is 5.73 Å². The molecule has 6 nitrogen and oxygen atoms in total. The fourth-order valence-corrected chi connectivity index (χ4v) is 3.11. The van der Waals surface area contributed by atoms with Crippen LogP contribution in [0.2, 0.25) is 0 Å². The van der Waals surface area contributed by atoms with E-state index in [-0.39, 0.29) is 18.0 Å². The topological polar surface area (TPSA) is 96.5 Å². The van der Waals surface area contributed by atoms with Crippen molar-refractivity contribution in [2.75, 3.05) is 20.2 Å². The van der Waals surface area contributed by atoms with Crippen LogP contribution in [0.5, 0.6) is 0 Å². The molecule has 1 aromatic heterocycles. The summed E-state index contributed by atoms with van der Waals surface area (Å²) < 4.78 is 26.0. The van der Waals surface area contributed by atoms with Crippen LogP contribution in [-0.2, 0) is 16.6 Å². The third-order valence-corrected chi connectivity index (χ3v) is 4.79. The first-order chi connectivity index (χ1) is 9.04. The molecular formula is C12H21N3O3S. The number of nitrogens with zero attached hydrogens (tertiary/aromatic N) is 2. The number of sulfonamides is 1. The van der Waals surface area contributed by atoms with Gasteiger partial charge < -0.3 is 10.8 Å². The van der Waals surface area contributed by atoms with E-state index in [0.29, 0.717) is 25.1 Å². The highest BCUT2D eigenvalue weighted by Gasteiger charge is 2.23. The van der Waals surface area contributed by atoms with Gasteiger partial charge in [-0.15, -0.1) is 0 Å². The maximum Gasteiger partial charge on any atom is 0.244 e. The van der Waals surface area contributed by atoms with Crippen molar-refractivity contribution in [2.45, 2.75) is 30.7 Å². The van der Waals surface area contributed by atoms with Crippen LogP contribution in [0.15, 0.2) is 23.2 Å². The van der Waals surface area contributed by atoms with Crippen LogP contribution in [0.4, 0.5) is 0 Å². The smallest absolute Gasteiger partial charge is 0.244 e. The largest absolute Gasteiger partial charge is 0.396 e. The summed E-state index contributed by atoms with van der Waals surface area (Å²) in [5, 5.41) is 8.68. The molecule has 1 heterocycles. The van der Waals surface area contributed by atoms with Gasteiger partial charge in [-0.05, 0) is 31.4 Å². The van der Waals surface area contributed by atoms with Crippen LogP contribution in [0.1, 0.15) is 25.0 Å². The molecule has 0 atom stereocenters. The molecule has 0 aromatic carbocycles. The second kappa shape index (κ2) is 7.54. The van der Waals surface area contributed by atoms with E-state index < -0.39 is 10.0 Å². The molecule has 0 bridgehead atoms. The molecule has 3 N–H and O–H groups in total. The van der Waals surface area contributed by atoms with Gasteiger partial charge in [-0.25, -0.2) is 12.7 Å². The quantitative estimate of drug-likeness (QED) is 0.671. The molecular weight excluding hydrogens is 266 g/mol. The average molecular weight is 287 g/mol. The fourth-order valence-electron chi connectivity index (χ4n) is 1.72. The zero-order chi connectivity index (χ0) is 14.3. The van der Waals surface area contributed by atoms with Crippen molar-refractivity contribution in [2.24, 2.45) is 5.73 Å². The van der Waals surface area contributed by atoms with Gasteiger partial charge in [0.1, 0.15) is 4.90 Å². The summed E-state index contributed by atoms with van der Waals surface area (Å²) in [4.78, 5) is 4.16. The summed E-state index contributed by atoms with van der Waals surface area (Å²) in [5.74, 6) is 0. The molecule has 108 valence electrons. The molecule has 0 unspecified atom stereocenters. The van der Waals surface area contributed by atoms with Gasteiger partial charge in [0.2, 0.25) is 10.0 Å². The molecule has 0 aliphatic rings. The Hall–Kier alpha value is -1.02. The number of unbranched alkanes of at least 4 members (excludes halogenated alkanes) is 2. The van der Waals surface area contributed by atoms with Crippen molar-refractivity contribution in [3.63, 3.8) is 0 Å². The van der Waals surface area contributed by atoms with Crippen LogP contribution in [0.25, 0.3) is 0 Å². The molecule has 0 saturated carbocycles. The number of hydrogen-bond acceptors (Lipinski definition) is 5. The van der Waals surface area contributed by atoms with Crippen molar-refractivity contribution in [1.29, 1.82) is 0 Å². The maximum absolute atomic E-state index is 12.4. The van der Waals surface area contributed by atoms with Gasteiger partial charge in [0, 0.05) is 32.9 Å². The lowest BCUT2D eigenvalue weighted by Crippen LogP contribution is -2.29. The van der Waals surface area contributed by atoms with Gasteiger partial charge in [-0.2, -0.15) is 0 Å². The van der Waals surface area contributed by atoms with Crippen LogP contribution in [0, 0.1) is 0 Å². The summed E-state index contributed by atoms with van der Waals surface area (Å²) in [7, 11) is -2.00. The normalized spacial score (nSPS) is 12.0. The monoisotopic (exact) mass is 287 g/mol. The molecule has 0 radical (unpaired) electrons. The zero-order valence-corrected chi connectivity index (χ0v) is 11.9. The van der Waals surface area contributed by atoms with Crippen molar-refractivity contribution < 1.29 is 13.5 Å². The summed E-state index contributed by atoms with van der Waals surface area (Å²) in [6, 6.07) is 3.11. The maximum atomic E-state index is 12.4. The highest BCUT2D eigenvalue weighted by molar-refractivity contribution is 7.89. The molecule has 1 rings (SSSR count). The van der Waals surface area contributed by atoms with Crippen molar-refractivity contribution in [1.82, 2.24) is 9.29 Å². The van der Waals surface area contributed by atoms with E-state index in [1.54, 1.807) is 13.1 Å². The molecule has 0 saturated heterocycles. The van der Waals surface area contributed by atoms with Gasteiger partial charge in [-0.3, -0.25) is 4.98 Å². The highest BCUT2D eigenvalue weighted by Crippen LogP contribution is 2.17. The van der Waals surface area contributed by atoms with Crippen molar-refractivity contribution in [3.05, 3.63) is 24.0 Å². The first-order valence-corrected chi connectivity index (χ1v) is 7.69. The molecule has 0 spiro atoms. The second-order valence-corrected chi connectivity index (χ2v) is 6.28. The Morgan fingerprint density at radius 3 is 2.74 bits per heavy atom. The lowest BCUT2D eigenvalue weighted by Gasteiger charge is -2.18. The first-order valence-electron chi connectivity index (χ1n) is 6.25. The predicted molar refractivity (Wildman–Crippen MR) is 72.9 cm³/mol. The number of pyridine rings is 1. The molecule has 0 aliphatic carbocycles. The number of nitrogens with two attached hydrogens (primary N) is 1. The minimum Gasteiger partial charge on any atom is -0.396 e. The fraction of sp³-hybridized carbons (Fsp3) is 0.583. The minimum atomic E-state index is -3.54. The van der Waals surface area contributed by atoms with Gasteiger partial charge in [0.05, 0.1) is 5.69 Å². The van der Waals surface area contributed by atoms with Gasteiger partial charge in [0.15, 0.2) is 0 Å². The van der Waals surface area contributed by atoms with Crippen LogP contribution in [0.3, 0.4) is 0 Å². The Labute approximate surface area is 114 Å². The van der Waals surface area contributed by atoms with Crippen LogP contribution >= 0.6 is 0 Å². The molecule has 19 heavy (non-hydrogen) atoms. The van der Waals surface area contributed by atoms with Gasteiger partial charge in [0.25, 0.3) is 0 Å². The first kappa shape index (κ1) is 16.0. The lowest BCUT2D eigenvalue weighted by atomic mass is 10.2. The summed E-state index contributed by atoms with van der Waals surface area (Å²) in [6.45, 7) is 0.644. The van der Waals surface area contributed by atoms with E-state index in [1.165, 1.54) is 16.6 Å². The van der Waals surface area contributed by atoms with E-state index in [1.807, 2.05) is 0 Å². The van der Waals surface area contributed by atoms with Gasteiger partial charge >= 0.3 is 0 Å². The number of aliphatic hydroxyl groups excluding tert-OH is 1. The Morgan fingerprint density at radius 2 is 2.11 bits per heavy atom. The molecule has 0 amide bonds. The van der Waals surface area contributed by atoms with E-state index >= 15 is 0 Å². The number of aromatic nitrogens is 1. The lowest BCUT2D eigenvalue weighted by molar-refractivity contribution is 0.281. The Kier molecular flexibility index (Phi) is 6.36. The summed E-state index contributed by atoms with van der Waals surface area (Å²) >= 11 is 0. The third kappa shape index (κ3) is 4.24. The predicted octanol–water partition coefficient (Wildman–Crippen LogP) is 0.323. The summed E-state index contributed by atoms with van der Waals surface area (Å²) in [6.07, 6.45) is 3.74. The third-order valence-electron chi connectivity index (χ3n) is 2.86. The van der Waals surface area contributed by atoms with Crippen LogP contribution in [-0.4, -0.2) is 43.0 Å². The number of aliphatic hydroxyl groups is 1. The minimum absolute atomic E-state index is 0.0910. The van der Waals surface area contributed by atoms with E-state index in [9.17, 15) is 8.42 Å². The van der Waals surface area contributed by atoms with E-state index in [2.05, 4.69) is 4.98 Å². The van der Waals surface area contributed by atoms with Crippen molar-refractivity contribution in [3.8, 4) is 0 Å². The number of hydrogen-bond donors (Lipinski definition) is 2. The Bertz CT molecular complexity index is 491. The van der Waals surface area contributed by atoms with Crippen molar-refractivity contribution >= 4 is 10.0 Å². The average Bonchev–Trinajstić information content (AvgIpc) is 2.43. The summed E-state index contributed by atoms with van der Waals surface area (Å²) in [5.41, 5.74) is 5.89. The van der Waals surface area contributed by atoms with E-state index in [4.69, 9.17) is 10.8 Å². The van der Waals surface area contributed by atoms with Gasteiger partial charge in [-0.1, -0.05) is 0 Å².